The molecule has 2 aromatic rings. The highest BCUT2D eigenvalue weighted by atomic mass is 35.5. The molecular formula is C13H7ClN2O3. The molecule has 0 aliphatic rings. The molecule has 5 nitrogen and oxygen atoms in total. The second kappa shape index (κ2) is 5.38. The van der Waals surface area contributed by atoms with Crippen molar-refractivity contribution in [1.82, 2.24) is 4.98 Å². The Morgan fingerprint density at radius 3 is 2.84 bits per heavy atom. The van der Waals surface area contributed by atoms with Crippen LogP contribution >= 0.6 is 11.6 Å². The first kappa shape index (κ1) is 12.9. The summed E-state index contributed by atoms with van der Waals surface area (Å²) in [4.78, 5) is 15.0. The summed E-state index contributed by atoms with van der Waals surface area (Å²) >= 11 is 5.80. The van der Waals surface area contributed by atoms with Crippen LogP contribution in [0.3, 0.4) is 0 Å². The van der Waals surface area contributed by atoms with Crippen molar-refractivity contribution in [3.05, 3.63) is 52.7 Å². The normalized spacial score (nSPS) is 9.68. The highest BCUT2D eigenvalue weighted by Crippen LogP contribution is 2.27. The molecule has 0 saturated carbocycles. The van der Waals surface area contributed by atoms with Gasteiger partial charge in [-0.2, -0.15) is 5.26 Å². The van der Waals surface area contributed by atoms with Crippen LogP contribution in [0.1, 0.15) is 15.9 Å². The fourth-order valence-electron chi connectivity index (χ4n) is 1.40. The predicted molar refractivity (Wildman–Crippen MR) is 67.4 cm³/mol. The van der Waals surface area contributed by atoms with Gasteiger partial charge in [0.05, 0.1) is 11.6 Å². The maximum atomic E-state index is 11.1. The molecule has 0 bridgehead atoms. The zero-order valence-electron chi connectivity index (χ0n) is 9.50. The molecule has 1 heterocycles. The van der Waals surface area contributed by atoms with E-state index in [0.29, 0.717) is 10.6 Å². The van der Waals surface area contributed by atoms with Crippen LogP contribution in [0, 0.1) is 11.3 Å². The number of carbonyl (C=O) groups is 1. The fraction of sp³-hybridized carbons (Fsp3) is 0. The second-order valence-electron chi connectivity index (χ2n) is 3.54. The fourth-order valence-corrected chi connectivity index (χ4v) is 1.57. The molecule has 19 heavy (non-hydrogen) atoms. The van der Waals surface area contributed by atoms with Crippen molar-refractivity contribution < 1.29 is 14.6 Å². The number of halogens is 1. The van der Waals surface area contributed by atoms with Gasteiger partial charge in [0.1, 0.15) is 11.3 Å². The number of ether oxygens (including phenoxy) is 1. The number of hydrogen-bond donors (Lipinski definition) is 1. The van der Waals surface area contributed by atoms with E-state index in [4.69, 9.17) is 26.7 Å². The van der Waals surface area contributed by atoms with Gasteiger partial charge in [0.25, 0.3) is 0 Å². The van der Waals surface area contributed by atoms with Gasteiger partial charge >= 0.3 is 5.97 Å². The van der Waals surface area contributed by atoms with Crippen LogP contribution < -0.4 is 4.74 Å². The zero-order valence-corrected chi connectivity index (χ0v) is 10.3. The quantitative estimate of drug-likeness (QED) is 0.930. The second-order valence-corrected chi connectivity index (χ2v) is 3.98. The SMILES string of the molecule is N#Cc1ccnc(Oc2cc(Cl)ccc2C(=O)O)c1. The van der Waals surface area contributed by atoms with Crippen molar-refractivity contribution in [2.24, 2.45) is 0 Å². The van der Waals surface area contributed by atoms with Gasteiger partial charge in [-0.1, -0.05) is 11.6 Å². The molecule has 0 atom stereocenters. The molecule has 0 spiro atoms. The Labute approximate surface area is 113 Å². The first-order valence-corrected chi connectivity index (χ1v) is 5.55. The number of nitriles is 1. The summed E-state index contributed by atoms with van der Waals surface area (Å²) in [5.74, 6) is -0.936. The summed E-state index contributed by atoms with van der Waals surface area (Å²) in [5, 5.41) is 18.1. The Balaban J connectivity index is 2.40. The van der Waals surface area contributed by atoms with Crippen molar-refractivity contribution >= 4 is 17.6 Å². The first-order valence-electron chi connectivity index (χ1n) is 5.17. The maximum Gasteiger partial charge on any atom is 0.339 e. The van der Waals surface area contributed by atoms with Gasteiger partial charge in [-0.3, -0.25) is 0 Å². The average Bonchev–Trinajstić information content (AvgIpc) is 2.38. The Hall–Kier alpha value is -2.58. The highest BCUT2D eigenvalue weighted by Gasteiger charge is 2.13. The van der Waals surface area contributed by atoms with Crippen LogP contribution in [0.25, 0.3) is 0 Å². The molecule has 1 N–H and O–H groups in total. The molecule has 94 valence electrons. The molecule has 0 aliphatic carbocycles. The van der Waals surface area contributed by atoms with Gasteiger partial charge in [0.15, 0.2) is 0 Å². The number of aromatic nitrogens is 1. The van der Waals surface area contributed by atoms with Gasteiger partial charge in [-0.05, 0) is 18.2 Å². The molecule has 0 fully saturated rings. The van der Waals surface area contributed by atoms with E-state index in [1.807, 2.05) is 6.07 Å². The number of pyridine rings is 1. The van der Waals surface area contributed by atoms with Gasteiger partial charge in [0.2, 0.25) is 5.88 Å². The summed E-state index contributed by atoms with van der Waals surface area (Å²) in [5.41, 5.74) is 0.331. The van der Waals surface area contributed by atoms with Crippen LogP contribution in [0.15, 0.2) is 36.5 Å². The number of carboxylic acids is 1. The van der Waals surface area contributed by atoms with Crippen LogP contribution in [0.5, 0.6) is 11.6 Å². The van der Waals surface area contributed by atoms with Crippen LogP contribution in [0.4, 0.5) is 0 Å². The average molecular weight is 275 g/mol. The minimum absolute atomic E-state index is 0.0337. The highest BCUT2D eigenvalue weighted by molar-refractivity contribution is 6.30. The number of nitrogens with zero attached hydrogens (tertiary/aromatic N) is 2. The Bertz CT molecular complexity index is 680. The van der Waals surface area contributed by atoms with Crippen molar-refractivity contribution in [2.45, 2.75) is 0 Å². The third kappa shape index (κ3) is 3.00. The summed E-state index contributed by atoms with van der Waals surface area (Å²) in [6.07, 6.45) is 1.40. The summed E-state index contributed by atoms with van der Waals surface area (Å²) < 4.78 is 5.37. The molecule has 0 radical (unpaired) electrons. The van der Waals surface area contributed by atoms with Crippen molar-refractivity contribution in [3.8, 4) is 17.7 Å². The van der Waals surface area contributed by atoms with Gasteiger partial charge < -0.3 is 9.84 Å². The van der Waals surface area contributed by atoms with E-state index in [0.717, 1.165) is 0 Å². The van der Waals surface area contributed by atoms with Crippen molar-refractivity contribution in [3.63, 3.8) is 0 Å². The van der Waals surface area contributed by atoms with Gasteiger partial charge in [-0.25, -0.2) is 9.78 Å². The Kier molecular flexibility index (Phi) is 3.64. The number of aromatic carboxylic acids is 1. The molecule has 0 saturated heterocycles. The van der Waals surface area contributed by atoms with Crippen LogP contribution in [0.2, 0.25) is 5.02 Å². The lowest BCUT2D eigenvalue weighted by atomic mass is 10.2. The molecule has 0 aliphatic heterocycles. The Morgan fingerprint density at radius 1 is 1.37 bits per heavy atom. The summed E-state index contributed by atoms with van der Waals surface area (Å²) in [6, 6.07) is 9.04. The van der Waals surface area contributed by atoms with E-state index in [9.17, 15) is 4.79 Å². The lowest BCUT2D eigenvalue weighted by molar-refractivity contribution is 0.0694. The number of benzene rings is 1. The molecule has 0 amide bonds. The number of carboxylic acid groups (broad SMARTS) is 1. The predicted octanol–water partition coefficient (Wildman–Crippen LogP) is 3.10. The topological polar surface area (TPSA) is 83.2 Å². The van der Waals surface area contributed by atoms with Crippen molar-refractivity contribution in [2.75, 3.05) is 0 Å². The van der Waals surface area contributed by atoms with Crippen LogP contribution in [-0.2, 0) is 0 Å². The van der Waals surface area contributed by atoms with E-state index >= 15 is 0 Å². The van der Waals surface area contributed by atoms with E-state index in [-0.39, 0.29) is 17.2 Å². The zero-order chi connectivity index (χ0) is 13.8. The smallest absolute Gasteiger partial charge is 0.339 e. The van der Waals surface area contributed by atoms with Gasteiger partial charge in [-0.15, -0.1) is 0 Å². The lowest BCUT2D eigenvalue weighted by Gasteiger charge is -2.08. The molecule has 2 rings (SSSR count). The first-order chi connectivity index (χ1) is 9.10. The Morgan fingerprint density at radius 2 is 2.16 bits per heavy atom. The third-order valence-corrected chi connectivity index (χ3v) is 2.49. The number of rotatable bonds is 3. The number of hydrogen-bond acceptors (Lipinski definition) is 4. The maximum absolute atomic E-state index is 11.1. The molecule has 0 unspecified atom stereocenters. The van der Waals surface area contributed by atoms with Crippen LogP contribution in [-0.4, -0.2) is 16.1 Å². The molecule has 1 aromatic carbocycles. The minimum atomic E-state index is -1.14. The van der Waals surface area contributed by atoms with E-state index < -0.39 is 5.97 Å². The minimum Gasteiger partial charge on any atom is -0.478 e. The molecule has 1 aromatic heterocycles. The molecule has 6 heteroatoms. The summed E-state index contributed by atoms with van der Waals surface area (Å²) in [7, 11) is 0. The van der Waals surface area contributed by atoms with Gasteiger partial charge in [0, 0.05) is 23.4 Å². The van der Waals surface area contributed by atoms with E-state index in [2.05, 4.69) is 4.98 Å². The monoisotopic (exact) mass is 274 g/mol. The third-order valence-electron chi connectivity index (χ3n) is 2.25. The van der Waals surface area contributed by atoms with E-state index in [1.54, 1.807) is 0 Å². The standard InChI is InChI=1S/C13H7ClN2O3/c14-9-1-2-10(13(17)18)11(6-9)19-12-5-8(7-15)3-4-16-12/h1-6H,(H,17,18). The molecular weight excluding hydrogens is 268 g/mol. The lowest BCUT2D eigenvalue weighted by Crippen LogP contribution is -2.00. The van der Waals surface area contributed by atoms with E-state index in [1.165, 1.54) is 36.5 Å². The summed E-state index contributed by atoms with van der Waals surface area (Å²) in [6.45, 7) is 0. The van der Waals surface area contributed by atoms with Crippen molar-refractivity contribution in [1.29, 1.82) is 5.26 Å². The largest absolute Gasteiger partial charge is 0.478 e.